The third kappa shape index (κ3) is 4.75. The summed E-state index contributed by atoms with van der Waals surface area (Å²) >= 11 is 0. The molecule has 0 aliphatic carbocycles. The Morgan fingerprint density at radius 1 is 1.26 bits per heavy atom. The molecule has 0 unspecified atom stereocenters. The number of hydrogen-bond donors (Lipinski definition) is 1. The van der Waals surface area contributed by atoms with Gasteiger partial charge in [-0.1, -0.05) is 12.1 Å². The van der Waals surface area contributed by atoms with Gasteiger partial charge in [0.05, 0.1) is 11.8 Å². The third-order valence-electron chi connectivity index (χ3n) is 3.27. The molecule has 1 atom stereocenters. The van der Waals surface area contributed by atoms with Crippen LogP contribution in [-0.2, 0) is 11.3 Å². The molecule has 0 saturated carbocycles. The van der Waals surface area contributed by atoms with Crippen LogP contribution >= 0.6 is 0 Å². The molecule has 1 heterocycles. The Kier molecular flexibility index (Phi) is 5.65. The fraction of sp³-hybridized carbons (Fsp3) is 0.353. The number of carbonyl (C=O) groups is 1. The normalized spacial score (nSPS) is 12.4. The molecule has 0 aliphatic heterocycles. The summed E-state index contributed by atoms with van der Waals surface area (Å²) < 4.78 is 5.59. The quantitative estimate of drug-likeness (QED) is 0.846. The molecule has 0 bridgehead atoms. The van der Waals surface area contributed by atoms with Crippen molar-refractivity contribution >= 4 is 5.97 Å². The van der Waals surface area contributed by atoms with Crippen LogP contribution in [0.1, 0.15) is 31.1 Å². The fourth-order valence-corrected chi connectivity index (χ4v) is 2.34. The topological polar surface area (TPSA) is 75.6 Å². The van der Waals surface area contributed by atoms with Gasteiger partial charge in [0.2, 0.25) is 0 Å². The highest BCUT2D eigenvalue weighted by Crippen LogP contribution is 2.24. The maximum absolute atomic E-state index is 11.7. The van der Waals surface area contributed by atoms with E-state index in [1.807, 2.05) is 13.8 Å². The average Bonchev–Trinajstić information content (AvgIpc) is 2.49. The second-order valence-corrected chi connectivity index (χ2v) is 5.59. The maximum atomic E-state index is 11.7. The van der Waals surface area contributed by atoms with Crippen LogP contribution in [0.4, 0.5) is 0 Å². The first kappa shape index (κ1) is 16.9. The Bertz CT molecular complexity index is 629. The van der Waals surface area contributed by atoms with Crippen molar-refractivity contribution < 1.29 is 14.6 Å². The van der Waals surface area contributed by atoms with Crippen LogP contribution < -0.4 is 4.74 Å². The number of hydrogen-bond acceptors (Lipinski definition) is 5. The number of aromatic nitrogens is 2. The van der Waals surface area contributed by atoms with E-state index in [9.17, 15) is 9.90 Å². The Hall–Kier alpha value is -2.47. The largest absolute Gasteiger partial charge is 0.491 e. The molecule has 0 amide bonds. The minimum absolute atomic E-state index is 0.0791. The monoisotopic (exact) mass is 315 g/mol. The Morgan fingerprint density at radius 3 is 2.48 bits per heavy atom. The first-order chi connectivity index (χ1) is 11.0. The number of carboxylic acid groups (broad SMARTS) is 1. The van der Waals surface area contributed by atoms with Gasteiger partial charge in [-0.2, -0.15) is 0 Å². The number of carboxylic acids is 1. The average molecular weight is 315 g/mol. The number of nitrogens with zero attached hydrogens (tertiary/aromatic N) is 3. The van der Waals surface area contributed by atoms with Gasteiger partial charge in [-0.15, -0.1) is 0 Å². The van der Waals surface area contributed by atoms with Gasteiger partial charge >= 0.3 is 5.97 Å². The van der Waals surface area contributed by atoms with Crippen molar-refractivity contribution in [1.82, 2.24) is 14.9 Å². The summed E-state index contributed by atoms with van der Waals surface area (Å²) in [4.78, 5) is 21.6. The molecule has 2 rings (SSSR count). The molecule has 1 aromatic carbocycles. The van der Waals surface area contributed by atoms with Gasteiger partial charge in [0, 0.05) is 25.1 Å². The smallest absolute Gasteiger partial charge is 0.325 e. The van der Waals surface area contributed by atoms with E-state index in [0.717, 1.165) is 11.4 Å². The first-order valence-electron chi connectivity index (χ1n) is 7.42. The summed E-state index contributed by atoms with van der Waals surface area (Å²) in [5.41, 5.74) is 1.42. The summed E-state index contributed by atoms with van der Waals surface area (Å²) in [5.74, 6) is -0.182. The number of aliphatic carboxylic acids is 1. The van der Waals surface area contributed by atoms with E-state index in [-0.39, 0.29) is 6.10 Å². The molecule has 0 spiro atoms. The summed E-state index contributed by atoms with van der Waals surface area (Å²) in [6.45, 7) is 4.29. The predicted molar refractivity (Wildman–Crippen MR) is 86.1 cm³/mol. The summed E-state index contributed by atoms with van der Waals surface area (Å²) in [6, 6.07) is 6.39. The molecule has 0 saturated heterocycles. The second-order valence-electron chi connectivity index (χ2n) is 5.59. The molecule has 0 aliphatic rings. The molecule has 122 valence electrons. The van der Waals surface area contributed by atoms with Crippen molar-refractivity contribution in [2.45, 2.75) is 32.5 Å². The zero-order valence-corrected chi connectivity index (χ0v) is 13.5. The molecule has 6 heteroatoms. The van der Waals surface area contributed by atoms with Gasteiger partial charge in [-0.05, 0) is 38.6 Å². The number of benzene rings is 1. The van der Waals surface area contributed by atoms with E-state index >= 15 is 0 Å². The van der Waals surface area contributed by atoms with Gasteiger partial charge in [-0.25, -0.2) is 0 Å². The lowest BCUT2D eigenvalue weighted by Crippen LogP contribution is -2.30. The number of likely N-dealkylation sites (N-methyl/N-ethyl adjacent to an activating group) is 1. The van der Waals surface area contributed by atoms with Crippen molar-refractivity contribution in [3.63, 3.8) is 0 Å². The standard InChI is InChI=1S/C17H21N3O3/c1-12(2)23-15-6-4-13(5-7-15)16(17(21)22)20(3)11-14-10-18-8-9-19-14/h4-10,12,16H,11H2,1-3H3,(H,21,22)/t16-/m1/s1. The Labute approximate surface area is 135 Å². The van der Waals surface area contributed by atoms with Crippen molar-refractivity contribution in [1.29, 1.82) is 0 Å². The SMILES string of the molecule is CC(C)Oc1ccc([C@H](C(=O)O)N(C)Cc2cnccn2)cc1. The zero-order valence-electron chi connectivity index (χ0n) is 13.5. The fourth-order valence-electron chi connectivity index (χ4n) is 2.34. The van der Waals surface area contributed by atoms with E-state index in [0.29, 0.717) is 12.1 Å². The van der Waals surface area contributed by atoms with Crippen molar-refractivity contribution in [2.75, 3.05) is 7.05 Å². The Morgan fingerprint density at radius 2 is 1.96 bits per heavy atom. The molecule has 1 N–H and O–H groups in total. The summed E-state index contributed by atoms with van der Waals surface area (Å²) in [6.07, 6.45) is 4.90. The van der Waals surface area contributed by atoms with Crippen LogP contribution in [0.2, 0.25) is 0 Å². The Balaban J connectivity index is 2.15. The highest BCUT2D eigenvalue weighted by molar-refractivity contribution is 5.75. The van der Waals surface area contributed by atoms with E-state index in [1.165, 1.54) is 0 Å². The van der Waals surface area contributed by atoms with Gasteiger partial charge in [0.25, 0.3) is 0 Å². The van der Waals surface area contributed by atoms with Crippen molar-refractivity contribution in [3.8, 4) is 5.75 Å². The molecular weight excluding hydrogens is 294 g/mol. The number of ether oxygens (including phenoxy) is 1. The van der Waals surface area contributed by atoms with Gasteiger partial charge < -0.3 is 9.84 Å². The van der Waals surface area contributed by atoms with E-state index in [1.54, 1.807) is 54.8 Å². The van der Waals surface area contributed by atoms with Crippen LogP contribution in [0.5, 0.6) is 5.75 Å². The minimum Gasteiger partial charge on any atom is -0.491 e. The minimum atomic E-state index is -0.908. The molecule has 0 fully saturated rings. The van der Waals surface area contributed by atoms with Crippen molar-refractivity contribution in [3.05, 3.63) is 54.1 Å². The lowest BCUT2D eigenvalue weighted by atomic mass is 10.1. The summed E-state index contributed by atoms with van der Waals surface area (Å²) in [7, 11) is 1.76. The van der Waals surface area contributed by atoms with Gasteiger partial charge in [-0.3, -0.25) is 19.7 Å². The van der Waals surface area contributed by atoms with Crippen molar-refractivity contribution in [2.24, 2.45) is 0 Å². The second kappa shape index (κ2) is 7.69. The zero-order chi connectivity index (χ0) is 16.8. The van der Waals surface area contributed by atoms with E-state index in [4.69, 9.17) is 4.74 Å². The lowest BCUT2D eigenvalue weighted by Gasteiger charge is -2.24. The van der Waals surface area contributed by atoms with Crippen LogP contribution in [0.25, 0.3) is 0 Å². The van der Waals surface area contributed by atoms with Crippen LogP contribution in [-0.4, -0.2) is 39.1 Å². The molecule has 0 radical (unpaired) electrons. The van der Waals surface area contributed by atoms with E-state index < -0.39 is 12.0 Å². The molecule has 23 heavy (non-hydrogen) atoms. The maximum Gasteiger partial charge on any atom is 0.325 e. The first-order valence-corrected chi connectivity index (χ1v) is 7.42. The molecule has 1 aromatic heterocycles. The van der Waals surface area contributed by atoms with Crippen LogP contribution in [0.3, 0.4) is 0 Å². The van der Waals surface area contributed by atoms with E-state index in [2.05, 4.69) is 9.97 Å². The van der Waals surface area contributed by atoms with Crippen LogP contribution in [0.15, 0.2) is 42.9 Å². The molecule has 6 nitrogen and oxygen atoms in total. The predicted octanol–water partition coefficient (Wildman–Crippen LogP) is 2.52. The third-order valence-corrected chi connectivity index (χ3v) is 3.27. The van der Waals surface area contributed by atoms with Crippen LogP contribution in [0, 0.1) is 0 Å². The van der Waals surface area contributed by atoms with Gasteiger partial charge in [0.15, 0.2) is 0 Å². The summed E-state index contributed by atoms with van der Waals surface area (Å²) in [5, 5.41) is 9.58. The lowest BCUT2D eigenvalue weighted by molar-refractivity contribution is -0.143. The molecular formula is C17H21N3O3. The molecule has 2 aromatic rings. The highest BCUT2D eigenvalue weighted by Gasteiger charge is 2.25. The van der Waals surface area contributed by atoms with Gasteiger partial charge in [0.1, 0.15) is 11.8 Å². The number of rotatable bonds is 7. The highest BCUT2D eigenvalue weighted by atomic mass is 16.5.